The van der Waals surface area contributed by atoms with E-state index in [0.29, 0.717) is 37.0 Å². The van der Waals surface area contributed by atoms with Gasteiger partial charge in [0.05, 0.1) is 12.1 Å². The van der Waals surface area contributed by atoms with E-state index in [4.69, 9.17) is 28.3 Å². The van der Waals surface area contributed by atoms with Gasteiger partial charge in [0.25, 0.3) is 0 Å². The molecule has 0 unspecified atom stereocenters. The third kappa shape index (κ3) is 4.48. The monoisotopic (exact) mass is 396 g/mol. The zero-order valence-corrected chi connectivity index (χ0v) is 14.9. The molecular weight excluding hydrogens is 386 g/mol. The zero-order valence-electron chi connectivity index (χ0n) is 12.6. The third-order valence-electron chi connectivity index (χ3n) is 3.24. The lowest BCUT2D eigenvalue weighted by molar-refractivity contribution is -0.136. The first-order valence-corrected chi connectivity index (χ1v) is 8.68. The number of nitrogens with zero attached hydrogens (tertiary/aromatic N) is 1. The maximum absolute atomic E-state index is 13.1. The topological polar surface area (TPSA) is 62.2 Å². The average Bonchev–Trinajstić information content (AvgIpc) is 2.88. The van der Waals surface area contributed by atoms with Gasteiger partial charge < -0.3 is 10.4 Å². The number of aromatic nitrogens is 1. The van der Waals surface area contributed by atoms with Crippen molar-refractivity contribution < 1.29 is 14.3 Å². The maximum atomic E-state index is 13.1. The largest absolute Gasteiger partial charge is 0.481 e. The number of halogens is 3. The number of rotatable bonds is 5. The molecule has 0 saturated carbocycles. The molecule has 25 heavy (non-hydrogen) atoms. The van der Waals surface area contributed by atoms with Crippen molar-refractivity contribution in [1.29, 1.82) is 0 Å². The number of hydrogen-bond acceptors (Lipinski definition) is 4. The summed E-state index contributed by atoms with van der Waals surface area (Å²) in [7, 11) is 0. The molecule has 0 bridgehead atoms. The number of benzene rings is 2. The second-order valence-corrected chi connectivity index (χ2v) is 7.11. The summed E-state index contributed by atoms with van der Waals surface area (Å²) < 4.78 is 13.1. The van der Waals surface area contributed by atoms with E-state index >= 15 is 0 Å². The van der Waals surface area contributed by atoms with E-state index in [1.807, 2.05) is 0 Å². The van der Waals surface area contributed by atoms with E-state index in [0.717, 1.165) is 0 Å². The van der Waals surface area contributed by atoms with Crippen LogP contribution in [0.4, 0.5) is 15.2 Å². The number of nitrogens with one attached hydrogen (secondary N) is 1. The molecule has 0 aliphatic carbocycles. The summed E-state index contributed by atoms with van der Waals surface area (Å²) in [6, 6.07) is 10.7. The molecule has 4 nitrogen and oxygen atoms in total. The highest BCUT2D eigenvalue weighted by Crippen LogP contribution is 2.34. The molecule has 0 aliphatic heterocycles. The minimum atomic E-state index is -0.968. The fourth-order valence-electron chi connectivity index (χ4n) is 2.25. The van der Waals surface area contributed by atoms with E-state index in [9.17, 15) is 9.18 Å². The first kappa shape index (κ1) is 17.7. The van der Waals surface area contributed by atoms with Crippen molar-refractivity contribution >= 4 is 51.3 Å². The Bertz CT molecular complexity index is 909. The van der Waals surface area contributed by atoms with Crippen LogP contribution in [0.1, 0.15) is 4.88 Å². The number of anilines is 2. The first-order chi connectivity index (χ1) is 11.9. The summed E-state index contributed by atoms with van der Waals surface area (Å²) in [5, 5.41) is 13.6. The standard InChI is InChI=1S/C17H11Cl2FN2O2S/c18-10-5-11(19)7-13(6-10)21-17-22-16(14(25-17)8-15(23)24)9-1-3-12(20)4-2-9/h1-7H,8H2,(H,21,22)(H,23,24). The molecule has 1 heterocycles. The van der Waals surface area contributed by atoms with E-state index in [1.165, 1.54) is 23.5 Å². The second kappa shape index (κ2) is 7.39. The Morgan fingerprint density at radius 3 is 2.40 bits per heavy atom. The van der Waals surface area contributed by atoms with Crippen LogP contribution in [-0.2, 0) is 11.2 Å². The molecule has 0 spiro atoms. The van der Waals surface area contributed by atoms with E-state index in [1.54, 1.807) is 30.3 Å². The van der Waals surface area contributed by atoms with Crippen molar-refractivity contribution in [2.24, 2.45) is 0 Å². The van der Waals surface area contributed by atoms with Crippen molar-refractivity contribution in [1.82, 2.24) is 4.98 Å². The Balaban J connectivity index is 1.97. The van der Waals surface area contributed by atoms with Crippen LogP contribution >= 0.6 is 34.5 Å². The van der Waals surface area contributed by atoms with Gasteiger partial charge in [-0.3, -0.25) is 4.79 Å². The van der Waals surface area contributed by atoms with E-state index in [-0.39, 0.29) is 12.2 Å². The molecule has 2 aromatic carbocycles. The Morgan fingerprint density at radius 2 is 1.80 bits per heavy atom. The van der Waals surface area contributed by atoms with Crippen molar-refractivity contribution in [2.45, 2.75) is 6.42 Å². The van der Waals surface area contributed by atoms with Gasteiger partial charge in [-0.15, -0.1) is 11.3 Å². The van der Waals surface area contributed by atoms with Crippen LogP contribution in [0, 0.1) is 5.82 Å². The van der Waals surface area contributed by atoms with Crippen LogP contribution in [0.25, 0.3) is 11.3 Å². The SMILES string of the molecule is O=C(O)Cc1sc(Nc2cc(Cl)cc(Cl)c2)nc1-c1ccc(F)cc1. The maximum Gasteiger partial charge on any atom is 0.308 e. The Kier molecular flexibility index (Phi) is 5.22. The lowest BCUT2D eigenvalue weighted by atomic mass is 10.1. The van der Waals surface area contributed by atoms with Crippen molar-refractivity contribution in [3.05, 3.63) is 63.2 Å². The van der Waals surface area contributed by atoms with E-state index < -0.39 is 5.97 Å². The van der Waals surface area contributed by atoms with Gasteiger partial charge in [-0.05, 0) is 42.5 Å². The number of hydrogen-bond donors (Lipinski definition) is 2. The first-order valence-electron chi connectivity index (χ1n) is 7.11. The average molecular weight is 397 g/mol. The Labute approximate surface area is 156 Å². The molecule has 3 aromatic rings. The quantitative estimate of drug-likeness (QED) is 0.586. The van der Waals surface area contributed by atoms with Gasteiger partial charge in [0.2, 0.25) is 0 Å². The summed E-state index contributed by atoms with van der Waals surface area (Å²) in [6.07, 6.45) is -0.178. The highest BCUT2D eigenvalue weighted by molar-refractivity contribution is 7.16. The van der Waals surface area contributed by atoms with Gasteiger partial charge in [-0.1, -0.05) is 23.2 Å². The molecule has 128 valence electrons. The Morgan fingerprint density at radius 1 is 1.16 bits per heavy atom. The molecule has 3 rings (SSSR count). The Hall–Kier alpha value is -2.15. The predicted octanol–water partition coefficient (Wildman–Crippen LogP) is 5.63. The van der Waals surface area contributed by atoms with Gasteiger partial charge >= 0.3 is 5.97 Å². The van der Waals surface area contributed by atoms with Gasteiger partial charge in [0.1, 0.15) is 5.82 Å². The lowest BCUT2D eigenvalue weighted by Gasteiger charge is -2.03. The molecule has 0 aliphatic rings. The number of carboxylic acid groups (broad SMARTS) is 1. The summed E-state index contributed by atoms with van der Waals surface area (Å²) in [5.41, 5.74) is 1.79. The normalized spacial score (nSPS) is 10.7. The lowest BCUT2D eigenvalue weighted by Crippen LogP contribution is -1.99. The number of aliphatic carboxylic acids is 1. The van der Waals surface area contributed by atoms with Gasteiger partial charge in [0.15, 0.2) is 5.13 Å². The fourth-order valence-corrected chi connectivity index (χ4v) is 3.77. The number of thiazole rings is 1. The van der Waals surface area contributed by atoms with Crippen molar-refractivity contribution in [3.8, 4) is 11.3 Å². The van der Waals surface area contributed by atoms with Crippen molar-refractivity contribution in [3.63, 3.8) is 0 Å². The zero-order chi connectivity index (χ0) is 18.0. The number of carboxylic acids is 1. The molecule has 2 N–H and O–H groups in total. The minimum Gasteiger partial charge on any atom is -0.481 e. The van der Waals surface area contributed by atoms with E-state index in [2.05, 4.69) is 10.3 Å². The third-order valence-corrected chi connectivity index (χ3v) is 4.65. The van der Waals surface area contributed by atoms with Crippen LogP contribution < -0.4 is 5.32 Å². The van der Waals surface area contributed by atoms with Crippen molar-refractivity contribution in [2.75, 3.05) is 5.32 Å². The summed E-state index contributed by atoms with van der Waals surface area (Å²) in [6.45, 7) is 0. The summed E-state index contributed by atoms with van der Waals surface area (Å²) >= 11 is 13.2. The highest BCUT2D eigenvalue weighted by atomic mass is 35.5. The van der Waals surface area contributed by atoms with Crippen LogP contribution in [0.5, 0.6) is 0 Å². The summed E-state index contributed by atoms with van der Waals surface area (Å²) in [5.74, 6) is -1.34. The molecule has 0 saturated heterocycles. The van der Waals surface area contributed by atoms with Crippen LogP contribution in [0.2, 0.25) is 10.0 Å². The minimum absolute atomic E-state index is 0.178. The molecule has 1 aromatic heterocycles. The van der Waals surface area contributed by atoms with Gasteiger partial charge in [-0.25, -0.2) is 9.37 Å². The summed E-state index contributed by atoms with van der Waals surface area (Å²) in [4.78, 5) is 16.1. The molecule has 0 radical (unpaired) electrons. The number of carbonyl (C=O) groups is 1. The molecular formula is C17H11Cl2FN2O2S. The second-order valence-electron chi connectivity index (χ2n) is 5.15. The molecule has 0 fully saturated rings. The van der Waals surface area contributed by atoms with Crippen LogP contribution in [0.3, 0.4) is 0 Å². The molecule has 8 heteroatoms. The van der Waals surface area contributed by atoms with Gasteiger partial charge in [-0.2, -0.15) is 0 Å². The highest BCUT2D eigenvalue weighted by Gasteiger charge is 2.16. The molecule has 0 atom stereocenters. The predicted molar refractivity (Wildman–Crippen MR) is 98.6 cm³/mol. The van der Waals surface area contributed by atoms with Crippen LogP contribution in [0.15, 0.2) is 42.5 Å². The smallest absolute Gasteiger partial charge is 0.308 e. The van der Waals surface area contributed by atoms with Crippen LogP contribution in [-0.4, -0.2) is 16.1 Å². The van der Waals surface area contributed by atoms with Gasteiger partial charge in [0, 0.05) is 26.2 Å². The fraction of sp³-hybridized carbons (Fsp3) is 0.0588. The molecule has 0 amide bonds.